The minimum absolute atomic E-state index is 0. The van der Waals surface area contributed by atoms with Crippen molar-refractivity contribution in [3.05, 3.63) is 59.2 Å². The van der Waals surface area contributed by atoms with E-state index in [-0.39, 0.29) is 48.9 Å². The van der Waals surface area contributed by atoms with Crippen LogP contribution in [0.15, 0.2) is 58.8 Å². The van der Waals surface area contributed by atoms with Crippen molar-refractivity contribution in [2.75, 3.05) is 0 Å². The Balaban J connectivity index is 0.000000644. The van der Waals surface area contributed by atoms with E-state index in [1.54, 1.807) is 36.4 Å². The summed E-state index contributed by atoms with van der Waals surface area (Å²) < 4.78 is 33.1. The number of rotatable bonds is 3. The summed E-state index contributed by atoms with van der Waals surface area (Å²) in [5, 5.41) is 23.8. The van der Waals surface area contributed by atoms with Crippen molar-refractivity contribution < 1.29 is 27.0 Å². The number of nitrogens with zero attached hydrogens (tertiary/aromatic N) is 2. The zero-order chi connectivity index (χ0) is 15.9. The molecule has 0 aliphatic carbocycles. The molecule has 118 valence electrons. The van der Waals surface area contributed by atoms with Gasteiger partial charge in [-0.2, -0.15) is 17.9 Å². The van der Waals surface area contributed by atoms with Gasteiger partial charge in [-0.1, -0.05) is 0 Å². The van der Waals surface area contributed by atoms with E-state index in [1.807, 2.05) is 0 Å². The van der Waals surface area contributed by atoms with Crippen LogP contribution in [0.1, 0.15) is 0 Å². The van der Waals surface area contributed by atoms with Crippen LogP contribution < -0.4 is 9.46 Å². The van der Waals surface area contributed by atoms with E-state index < -0.39 is 10.4 Å². The molecular weight excluding hydrogens is 478 g/mol. The molecule has 2 aromatic rings. The molecule has 0 spiro atoms. The predicted molar refractivity (Wildman–Crippen MR) is 85.2 cm³/mol. The van der Waals surface area contributed by atoms with Gasteiger partial charge < -0.3 is 10.4 Å². The van der Waals surface area contributed by atoms with Gasteiger partial charge in [-0.3, -0.25) is 9.11 Å². The smallest absolute Gasteiger partial charge is 0.262 e. The molecule has 0 bridgehead atoms. The van der Waals surface area contributed by atoms with E-state index in [1.165, 1.54) is 34.0 Å². The van der Waals surface area contributed by atoms with Crippen LogP contribution in [0.25, 0.3) is 0 Å². The maximum absolute atomic E-state index is 11.3. The molecule has 22 heavy (non-hydrogen) atoms. The maximum atomic E-state index is 11.3. The first kappa shape index (κ1) is 22.0. The topological polar surface area (TPSA) is 128 Å². The second kappa shape index (κ2) is 10.7. The van der Waals surface area contributed by atoms with E-state index in [9.17, 15) is 10.4 Å². The van der Waals surface area contributed by atoms with Gasteiger partial charge in [-0.15, -0.1) is 0 Å². The zero-order valence-electron chi connectivity index (χ0n) is 10.3. The molecule has 2 N–H and O–H groups in total. The average Bonchev–Trinajstić information content (AvgIpc) is 2.37. The largest absolute Gasteiger partial charge is 0.618 e. The van der Waals surface area contributed by atoms with Gasteiger partial charge >= 0.3 is 59.3 Å². The third-order valence-electron chi connectivity index (χ3n) is 1.79. The SMILES string of the molecule is O=S(=O)(O)O.[BaH2].[O-][n+]1ccccc1SSc1cccc[n+]1[O-]. The third kappa shape index (κ3) is 9.94. The standard InChI is InChI=1S/C10H8N2O2S2.Ba.H2O4S.2H/c13-11-7-3-1-5-9(11)15-16-10-6-2-4-8-12(10)14;;1-5(2,3)4;;/h1-8H;;(H2,1,2,3,4);;. The molecule has 0 aromatic carbocycles. The van der Waals surface area contributed by atoms with Crippen LogP contribution in [0.3, 0.4) is 0 Å². The Morgan fingerprint density at radius 2 is 1.18 bits per heavy atom. The van der Waals surface area contributed by atoms with Gasteiger partial charge in [-0.05, 0) is 12.1 Å². The minimum atomic E-state index is -4.67. The Morgan fingerprint density at radius 3 is 1.45 bits per heavy atom. The molecule has 0 saturated heterocycles. The van der Waals surface area contributed by atoms with Crippen molar-refractivity contribution in [2.24, 2.45) is 0 Å². The first-order chi connectivity index (χ1) is 9.77. The van der Waals surface area contributed by atoms with E-state index in [0.29, 0.717) is 10.1 Å². The van der Waals surface area contributed by atoms with E-state index in [2.05, 4.69) is 0 Å². The van der Waals surface area contributed by atoms with E-state index in [4.69, 9.17) is 17.5 Å². The summed E-state index contributed by atoms with van der Waals surface area (Å²) in [6.45, 7) is 0. The summed E-state index contributed by atoms with van der Waals surface area (Å²) in [6, 6.07) is 10.3. The first-order valence-corrected chi connectivity index (χ1v) is 8.73. The van der Waals surface area contributed by atoms with Crippen LogP contribution >= 0.6 is 21.6 Å². The van der Waals surface area contributed by atoms with Crippen LogP contribution in [-0.4, -0.2) is 66.4 Å². The van der Waals surface area contributed by atoms with Gasteiger partial charge in [0.1, 0.15) is 0 Å². The van der Waals surface area contributed by atoms with Crippen molar-refractivity contribution in [3.8, 4) is 0 Å². The van der Waals surface area contributed by atoms with Gasteiger partial charge in [-0.25, -0.2) is 0 Å². The summed E-state index contributed by atoms with van der Waals surface area (Å²) in [7, 11) is -2.15. The molecule has 0 aliphatic heterocycles. The second-order valence-corrected chi connectivity index (χ2v) is 6.41. The second-order valence-electron chi connectivity index (χ2n) is 3.34. The van der Waals surface area contributed by atoms with Gasteiger partial charge in [0.25, 0.3) is 10.1 Å². The van der Waals surface area contributed by atoms with Crippen LogP contribution in [-0.2, 0) is 10.4 Å². The molecule has 0 atom stereocenters. The maximum Gasteiger partial charge on any atom is 0.262 e. The van der Waals surface area contributed by atoms with Gasteiger partial charge in [0.05, 0.1) is 0 Å². The molecule has 2 rings (SSSR count). The van der Waals surface area contributed by atoms with E-state index in [0.717, 1.165) is 9.46 Å². The number of aromatic nitrogens is 2. The van der Waals surface area contributed by atoms with Crippen molar-refractivity contribution in [3.63, 3.8) is 0 Å². The van der Waals surface area contributed by atoms with Crippen LogP contribution in [0, 0.1) is 10.4 Å². The van der Waals surface area contributed by atoms with Crippen molar-refractivity contribution in [1.82, 2.24) is 0 Å². The van der Waals surface area contributed by atoms with Gasteiger partial charge in [0.2, 0.25) is 0 Å². The van der Waals surface area contributed by atoms with Crippen LogP contribution in [0.5, 0.6) is 0 Å². The summed E-state index contributed by atoms with van der Waals surface area (Å²) in [6.07, 6.45) is 2.86. The summed E-state index contributed by atoms with van der Waals surface area (Å²) in [5.74, 6) is 0. The molecule has 0 fully saturated rings. The molecule has 0 unspecified atom stereocenters. The Morgan fingerprint density at radius 1 is 0.864 bits per heavy atom. The molecule has 0 amide bonds. The predicted octanol–water partition coefficient (Wildman–Crippen LogP) is 0.184. The fourth-order valence-corrected chi connectivity index (χ4v) is 3.03. The number of hydrogen-bond donors (Lipinski definition) is 2. The van der Waals surface area contributed by atoms with Crippen molar-refractivity contribution in [2.45, 2.75) is 10.1 Å². The Bertz CT molecular complexity index is 647. The summed E-state index contributed by atoms with van der Waals surface area (Å²) >= 11 is 0. The third-order valence-corrected chi connectivity index (χ3v) is 4.12. The van der Waals surface area contributed by atoms with Gasteiger partial charge in [0, 0.05) is 45.9 Å². The van der Waals surface area contributed by atoms with Crippen LogP contribution in [0.4, 0.5) is 0 Å². The Labute approximate surface area is 175 Å². The van der Waals surface area contributed by atoms with E-state index >= 15 is 0 Å². The molecular formula is C10H12BaN2O6S3. The fraction of sp³-hybridized carbons (Fsp3) is 0. The monoisotopic (exact) mass is 490 g/mol. The van der Waals surface area contributed by atoms with Crippen molar-refractivity contribution >= 4 is 80.9 Å². The average molecular weight is 490 g/mol. The molecule has 2 heterocycles. The Kier molecular flexibility index (Phi) is 10.8. The quantitative estimate of drug-likeness (QED) is 0.205. The molecule has 0 radical (unpaired) electrons. The summed E-state index contributed by atoms with van der Waals surface area (Å²) in [5.41, 5.74) is 0. The molecule has 0 saturated carbocycles. The first-order valence-electron chi connectivity index (χ1n) is 5.18. The number of hydrogen-bond acceptors (Lipinski definition) is 6. The molecule has 2 aromatic heterocycles. The zero-order valence-corrected chi connectivity index (χ0v) is 12.7. The molecule has 0 aliphatic rings. The molecule has 8 nitrogen and oxygen atoms in total. The molecule has 12 heteroatoms. The van der Waals surface area contributed by atoms with Crippen LogP contribution in [0.2, 0.25) is 0 Å². The minimum Gasteiger partial charge on any atom is -0.618 e. The van der Waals surface area contributed by atoms with Crippen molar-refractivity contribution in [1.29, 1.82) is 0 Å². The number of pyridine rings is 2. The normalized spacial score (nSPS) is 10.1. The summed E-state index contributed by atoms with van der Waals surface area (Å²) in [4.78, 5) is 0. The Hall–Kier alpha value is 0.0414. The van der Waals surface area contributed by atoms with Gasteiger partial charge in [0.15, 0.2) is 12.4 Å². The fourth-order valence-electron chi connectivity index (χ4n) is 1.04.